The number of nitrogens with one attached hydrogen (secondary N) is 2. The topological polar surface area (TPSA) is 137 Å². The normalized spacial score (nSPS) is 27.3. The van der Waals surface area contributed by atoms with Crippen LogP contribution in [0.3, 0.4) is 0 Å². The van der Waals surface area contributed by atoms with Crippen LogP contribution in [-0.4, -0.2) is 91.4 Å². The molecule has 3 aliphatic heterocycles. The summed E-state index contributed by atoms with van der Waals surface area (Å²) in [6.07, 6.45) is 2.96. The third kappa shape index (κ3) is 6.24. The smallest absolute Gasteiger partial charge is 0.265 e. The molecule has 53 heavy (non-hydrogen) atoms. The summed E-state index contributed by atoms with van der Waals surface area (Å²) >= 11 is 1.30. The van der Waals surface area contributed by atoms with Crippen molar-refractivity contribution in [1.82, 2.24) is 19.9 Å². The van der Waals surface area contributed by atoms with Crippen LogP contribution in [0.1, 0.15) is 31.2 Å². The molecular weight excluding hydrogens is 755 g/mol. The van der Waals surface area contributed by atoms with E-state index < -0.39 is 48.0 Å². The number of halogens is 4. The van der Waals surface area contributed by atoms with Crippen molar-refractivity contribution in [2.24, 2.45) is 11.8 Å². The summed E-state index contributed by atoms with van der Waals surface area (Å²) in [5, 5.41) is 3.87. The number of piperazine rings is 1. The van der Waals surface area contributed by atoms with Gasteiger partial charge in [-0.15, -0.1) is 0 Å². The van der Waals surface area contributed by atoms with Crippen LogP contribution in [0.5, 0.6) is 0 Å². The van der Waals surface area contributed by atoms with Gasteiger partial charge in [0, 0.05) is 61.9 Å². The lowest BCUT2D eigenvalue weighted by molar-refractivity contribution is -0.127. The lowest BCUT2D eigenvalue weighted by atomic mass is 9.86. The number of benzene rings is 2. The van der Waals surface area contributed by atoms with Crippen LogP contribution in [0.2, 0.25) is 0 Å². The molecule has 5 fully saturated rings. The Morgan fingerprint density at radius 2 is 1.64 bits per heavy atom. The molecule has 4 aromatic rings. The molecule has 2 aromatic heterocycles. The van der Waals surface area contributed by atoms with Gasteiger partial charge in [0.05, 0.1) is 33.5 Å². The van der Waals surface area contributed by atoms with Gasteiger partial charge in [-0.05, 0) is 61.4 Å². The number of sulfonamides is 1. The van der Waals surface area contributed by atoms with E-state index in [4.69, 9.17) is 9.97 Å². The molecule has 2 bridgehead atoms. The van der Waals surface area contributed by atoms with Crippen molar-refractivity contribution in [3.63, 3.8) is 0 Å². The van der Waals surface area contributed by atoms with Crippen molar-refractivity contribution < 1.29 is 34.4 Å². The molecule has 2 aliphatic carbocycles. The number of aromatic nitrogens is 3. The Bertz CT molecular complexity index is 2300. The van der Waals surface area contributed by atoms with Gasteiger partial charge >= 0.3 is 0 Å². The summed E-state index contributed by atoms with van der Waals surface area (Å²) in [5.74, 6) is -4.00. The van der Waals surface area contributed by atoms with Crippen LogP contribution in [0, 0.1) is 30.4 Å². The standard InChI is InChI=1S/C35H35F4N7O4S3/c1-18-4-2-6-25(36)32(18)53(49,50)44-26-7-3-5-22(28(26)37)30-31(27-10-11-40-33(41-27)42-29-23-16-52(47,48)17-24(23)29)51-34(43-30)46-19-8-9-20(46)15-45(14-19)21-12-35(38,39)13-21/h2-7,10-11,19-21,23-24,29,44H,8-9,12-17H2,1H3,(H,40,41,42)/t19?,20?,23-,24+,29+. The van der Waals surface area contributed by atoms with E-state index in [9.17, 15) is 30.0 Å². The zero-order valence-electron chi connectivity index (χ0n) is 28.3. The number of rotatable bonds is 9. The summed E-state index contributed by atoms with van der Waals surface area (Å²) < 4.78 is 112. The molecule has 0 radical (unpaired) electrons. The van der Waals surface area contributed by atoms with Gasteiger partial charge in [0.15, 0.2) is 20.8 Å². The van der Waals surface area contributed by atoms with E-state index in [-0.39, 0.29) is 83.1 Å². The van der Waals surface area contributed by atoms with E-state index in [1.54, 1.807) is 12.3 Å². The molecule has 280 valence electrons. The fraction of sp³-hybridized carbons (Fsp3) is 0.457. The first-order valence-electron chi connectivity index (χ1n) is 17.4. The Morgan fingerprint density at radius 3 is 2.32 bits per heavy atom. The van der Waals surface area contributed by atoms with E-state index in [1.165, 1.54) is 48.6 Å². The number of likely N-dealkylation sites (tertiary alicyclic amines) is 1. The molecule has 2 unspecified atom stereocenters. The molecule has 11 nitrogen and oxygen atoms in total. The first kappa shape index (κ1) is 34.9. The van der Waals surface area contributed by atoms with Crippen molar-refractivity contribution >= 4 is 48.0 Å². The number of hydrogen-bond acceptors (Lipinski definition) is 11. The Morgan fingerprint density at radius 1 is 0.943 bits per heavy atom. The maximum atomic E-state index is 16.6. The van der Waals surface area contributed by atoms with Gasteiger partial charge in [0.1, 0.15) is 10.7 Å². The van der Waals surface area contributed by atoms with Gasteiger partial charge in [-0.2, -0.15) is 0 Å². The number of aryl methyl sites for hydroxylation is 1. The molecule has 2 N–H and O–H groups in total. The van der Waals surface area contributed by atoms with E-state index in [0.29, 0.717) is 28.8 Å². The third-order valence-corrected chi connectivity index (χ3v) is 15.7. The zero-order chi connectivity index (χ0) is 37.0. The van der Waals surface area contributed by atoms with Crippen molar-refractivity contribution in [3.8, 4) is 21.8 Å². The molecule has 18 heteroatoms. The number of thiazole rings is 1. The highest BCUT2D eigenvalue weighted by atomic mass is 32.2. The number of hydrogen-bond donors (Lipinski definition) is 2. The quantitative estimate of drug-likeness (QED) is 0.208. The zero-order valence-corrected chi connectivity index (χ0v) is 30.8. The van der Waals surface area contributed by atoms with Crippen LogP contribution in [0.15, 0.2) is 53.6 Å². The van der Waals surface area contributed by atoms with Gasteiger partial charge in [-0.25, -0.2) is 49.3 Å². The summed E-state index contributed by atoms with van der Waals surface area (Å²) in [7, 11) is -7.57. The lowest BCUT2D eigenvalue weighted by Gasteiger charge is -2.49. The molecule has 5 heterocycles. The number of anilines is 3. The van der Waals surface area contributed by atoms with E-state index in [2.05, 4.69) is 24.8 Å². The van der Waals surface area contributed by atoms with Gasteiger partial charge in [0.25, 0.3) is 15.9 Å². The monoisotopic (exact) mass is 789 g/mol. The molecule has 0 spiro atoms. The molecule has 2 saturated carbocycles. The minimum Gasteiger partial charge on any atom is -0.351 e. The second-order valence-electron chi connectivity index (χ2n) is 14.8. The van der Waals surface area contributed by atoms with Crippen LogP contribution in [0.25, 0.3) is 21.8 Å². The van der Waals surface area contributed by atoms with Crippen molar-refractivity contribution in [2.75, 3.05) is 39.5 Å². The third-order valence-electron chi connectivity index (χ3n) is 11.3. The molecule has 0 amide bonds. The van der Waals surface area contributed by atoms with Crippen LogP contribution < -0.4 is 14.9 Å². The predicted molar refractivity (Wildman–Crippen MR) is 192 cm³/mol. The molecule has 3 saturated heterocycles. The number of sulfone groups is 1. The maximum absolute atomic E-state index is 16.6. The van der Waals surface area contributed by atoms with Crippen LogP contribution in [-0.2, 0) is 19.9 Å². The summed E-state index contributed by atoms with van der Waals surface area (Å²) in [6, 6.07) is 9.53. The Labute approximate surface area is 307 Å². The largest absolute Gasteiger partial charge is 0.351 e. The first-order valence-corrected chi connectivity index (χ1v) is 21.6. The fourth-order valence-electron chi connectivity index (χ4n) is 8.63. The first-order chi connectivity index (χ1) is 25.2. The van der Waals surface area contributed by atoms with E-state index in [1.807, 2.05) is 0 Å². The van der Waals surface area contributed by atoms with Crippen molar-refractivity contribution in [1.29, 1.82) is 0 Å². The van der Waals surface area contributed by atoms with Crippen molar-refractivity contribution in [2.45, 2.75) is 67.6 Å². The van der Waals surface area contributed by atoms with Crippen LogP contribution >= 0.6 is 11.3 Å². The number of alkyl halides is 2. The van der Waals surface area contributed by atoms with E-state index >= 15 is 4.39 Å². The van der Waals surface area contributed by atoms with Crippen LogP contribution in [0.4, 0.5) is 34.3 Å². The highest BCUT2D eigenvalue weighted by molar-refractivity contribution is 7.92. The molecular formula is C35H35F4N7O4S3. The summed E-state index contributed by atoms with van der Waals surface area (Å²) in [5.41, 5.74) is 0.397. The second kappa shape index (κ2) is 12.3. The number of nitrogens with zero attached hydrogens (tertiary/aromatic N) is 5. The molecule has 9 rings (SSSR count). The maximum Gasteiger partial charge on any atom is 0.265 e. The Balaban J connectivity index is 1.07. The minimum atomic E-state index is -4.53. The summed E-state index contributed by atoms with van der Waals surface area (Å²) in [4.78, 5) is 18.4. The average molecular weight is 790 g/mol. The molecule has 2 aromatic carbocycles. The predicted octanol–water partition coefficient (Wildman–Crippen LogP) is 5.56. The number of fused-ring (bicyclic) bond motifs is 3. The van der Waals surface area contributed by atoms with Crippen molar-refractivity contribution in [3.05, 3.63) is 65.9 Å². The van der Waals surface area contributed by atoms with Gasteiger partial charge in [-0.3, -0.25) is 9.62 Å². The highest BCUT2D eigenvalue weighted by Crippen LogP contribution is 2.50. The Hall–Kier alpha value is -3.87. The van der Waals surface area contributed by atoms with Gasteiger partial charge < -0.3 is 10.2 Å². The highest BCUT2D eigenvalue weighted by Gasteiger charge is 2.59. The minimum absolute atomic E-state index is 0.00751. The second-order valence-corrected chi connectivity index (χ2v) is 19.6. The Kier molecular flexibility index (Phi) is 8.11. The van der Waals surface area contributed by atoms with Gasteiger partial charge in [0.2, 0.25) is 5.95 Å². The van der Waals surface area contributed by atoms with Gasteiger partial charge in [-0.1, -0.05) is 29.5 Å². The SMILES string of the molecule is Cc1cccc(F)c1S(=O)(=O)Nc1cccc(-c2nc(N3C4CCC3CN(C3CC(F)(F)C3)C4)sc2-c2ccnc(N[C@H]3[C@@H]4CS(=O)(=O)C[C@@H]43)n2)c1F. The summed E-state index contributed by atoms with van der Waals surface area (Å²) in [6.45, 7) is 2.65. The molecule has 5 aliphatic rings. The lowest BCUT2D eigenvalue weighted by Crippen LogP contribution is -2.61. The average Bonchev–Trinajstić information content (AvgIpc) is 3.36. The molecule has 5 atom stereocenters. The fourth-order valence-corrected chi connectivity index (χ4v) is 13.4. The van der Waals surface area contributed by atoms with E-state index in [0.717, 1.165) is 18.9 Å².